The molecule has 26 heavy (non-hydrogen) atoms. The lowest BCUT2D eigenvalue weighted by Crippen LogP contribution is -2.37. The number of methoxy groups -OCH3 is 2. The number of benzene rings is 1. The number of nitrogens with one attached hydrogen (secondary N) is 1. The summed E-state index contributed by atoms with van der Waals surface area (Å²) >= 11 is 0. The van der Waals surface area contributed by atoms with E-state index in [-0.39, 0.29) is 12.3 Å². The Morgan fingerprint density at radius 1 is 0.962 bits per heavy atom. The molecule has 0 bridgehead atoms. The van der Waals surface area contributed by atoms with Crippen molar-refractivity contribution in [3.8, 4) is 11.5 Å². The second kappa shape index (κ2) is 11.4. The minimum absolute atomic E-state index is 0.212. The highest BCUT2D eigenvalue weighted by Gasteiger charge is 2.26. The quantitative estimate of drug-likeness (QED) is 0.592. The molecule has 1 atom stereocenters. The Balaban J connectivity index is 2.17. The largest absolute Gasteiger partial charge is 0.493 e. The van der Waals surface area contributed by atoms with Crippen LogP contribution in [0.1, 0.15) is 57.6 Å². The summed E-state index contributed by atoms with van der Waals surface area (Å²) in [5, 5.41) is 3.72. The van der Waals surface area contributed by atoms with Crippen molar-refractivity contribution in [2.75, 3.05) is 34.0 Å². The summed E-state index contributed by atoms with van der Waals surface area (Å²) in [5.74, 6) is 2.16. The monoisotopic (exact) mass is 365 g/mol. The Labute approximate surface area is 158 Å². The van der Waals surface area contributed by atoms with Gasteiger partial charge in [0.15, 0.2) is 17.8 Å². The SMILES string of the molecule is CCOC(CNC(c1ccc(OC)c(OC)c1)C1CCCCC1)OCC. The average Bonchev–Trinajstić information content (AvgIpc) is 2.69. The molecule has 1 aromatic rings. The molecule has 5 nitrogen and oxygen atoms in total. The van der Waals surface area contributed by atoms with E-state index in [1.54, 1.807) is 14.2 Å². The first kappa shape index (κ1) is 21.0. The third kappa shape index (κ3) is 5.86. The standard InChI is InChI=1S/C21H35NO4/c1-5-25-20(26-6-2)15-22-21(16-10-8-7-9-11-16)17-12-13-18(23-3)19(14-17)24-4/h12-14,16,20-22H,5-11,15H2,1-4H3. The van der Waals surface area contributed by atoms with Crippen molar-refractivity contribution in [1.82, 2.24) is 5.32 Å². The Morgan fingerprint density at radius 2 is 1.62 bits per heavy atom. The lowest BCUT2D eigenvalue weighted by atomic mass is 9.81. The van der Waals surface area contributed by atoms with Gasteiger partial charge in [-0.1, -0.05) is 25.3 Å². The maximum absolute atomic E-state index is 5.71. The molecule has 1 aliphatic rings. The Bertz CT molecular complexity index is 511. The van der Waals surface area contributed by atoms with Gasteiger partial charge in [0.1, 0.15) is 0 Å². The molecule has 1 unspecified atom stereocenters. The highest BCUT2D eigenvalue weighted by Crippen LogP contribution is 2.37. The van der Waals surface area contributed by atoms with Crippen molar-refractivity contribution < 1.29 is 18.9 Å². The molecule has 0 amide bonds. The molecule has 1 saturated carbocycles. The highest BCUT2D eigenvalue weighted by atomic mass is 16.7. The van der Waals surface area contributed by atoms with Crippen LogP contribution in [0.25, 0.3) is 0 Å². The van der Waals surface area contributed by atoms with E-state index in [9.17, 15) is 0 Å². The van der Waals surface area contributed by atoms with Gasteiger partial charge in [0.25, 0.3) is 0 Å². The van der Waals surface area contributed by atoms with E-state index in [0.29, 0.717) is 25.7 Å². The van der Waals surface area contributed by atoms with Crippen LogP contribution >= 0.6 is 0 Å². The third-order valence-electron chi connectivity index (χ3n) is 5.10. The topological polar surface area (TPSA) is 49.0 Å². The van der Waals surface area contributed by atoms with Crippen molar-refractivity contribution in [3.63, 3.8) is 0 Å². The molecule has 1 aromatic carbocycles. The molecule has 148 valence electrons. The predicted octanol–water partition coefficient (Wildman–Crippen LogP) is 4.31. The first-order valence-corrected chi connectivity index (χ1v) is 9.91. The molecule has 0 heterocycles. The van der Waals surface area contributed by atoms with E-state index in [2.05, 4.69) is 17.4 Å². The van der Waals surface area contributed by atoms with Gasteiger partial charge in [-0.15, -0.1) is 0 Å². The van der Waals surface area contributed by atoms with Gasteiger partial charge >= 0.3 is 0 Å². The maximum atomic E-state index is 5.71. The van der Waals surface area contributed by atoms with Crippen molar-refractivity contribution in [2.24, 2.45) is 5.92 Å². The van der Waals surface area contributed by atoms with Gasteiger partial charge in [-0.25, -0.2) is 0 Å². The summed E-state index contributed by atoms with van der Waals surface area (Å²) in [7, 11) is 3.36. The molecule has 0 radical (unpaired) electrons. The fourth-order valence-electron chi connectivity index (χ4n) is 3.83. The van der Waals surface area contributed by atoms with Crippen LogP contribution in [0.3, 0.4) is 0 Å². The lowest BCUT2D eigenvalue weighted by Gasteiger charge is -2.33. The van der Waals surface area contributed by atoms with Gasteiger partial charge in [0, 0.05) is 25.8 Å². The lowest BCUT2D eigenvalue weighted by molar-refractivity contribution is -0.134. The average molecular weight is 366 g/mol. The van der Waals surface area contributed by atoms with E-state index in [4.69, 9.17) is 18.9 Å². The molecular formula is C21H35NO4. The van der Waals surface area contributed by atoms with Crippen LogP contribution in [0.5, 0.6) is 11.5 Å². The smallest absolute Gasteiger partial charge is 0.169 e. The van der Waals surface area contributed by atoms with Gasteiger partial charge in [0.05, 0.1) is 14.2 Å². The summed E-state index contributed by atoms with van der Waals surface area (Å²) in [5.41, 5.74) is 1.24. The molecule has 2 rings (SSSR count). The molecular weight excluding hydrogens is 330 g/mol. The molecule has 0 aromatic heterocycles. The van der Waals surface area contributed by atoms with Gasteiger partial charge in [-0.3, -0.25) is 0 Å². The molecule has 1 N–H and O–H groups in total. The van der Waals surface area contributed by atoms with Crippen LogP contribution in [0.4, 0.5) is 0 Å². The zero-order valence-corrected chi connectivity index (χ0v) is 16.8. The third-order valence-corrected chi connectivity index (χ3v) is 5.10. The van der Waals surface area contributed by atoms with Crippen molar-refractivity contribution >= 4 is 0 Å². The summed E-state index contributed by atoms with van der Waals surface area (Å²) in [6.45, 7) is 5.97. The van der Waals surface area contributed by atoms with Crippen LogP contribution < -0.4 is 14.8 Å². The molecule has 0 saturated heterocycles. The van der Waals surface area contributed by atoms with Crippen molar-refractivity contribution in [1.29, 1.82) is 0 Å². The Morgan fingerprint density at radius 3 is 2.19 bits per heavy atom. The number of rotatable bonds is 11. The molecule has 1 aliphatic carbocycles. The Kier molecular flexibility index (Phi) is 9.23. The number of hydrogen-bond donors (Lipinski definition) is 1. The van der Waals surface area contributed by atoms with Crippen LogP contribution in [0.15, 0.2) is 18.2 Å². The van der Waals surface area contributed by atoms with E-state index >= 15 is 0 Å². The van der Waals surface area contributed by atoms with E-state index < -0.39 is 0 Å². The first-order valence-electron chi connectivity index (χ1n) is 9.91. The Hall–Kier alpha value is -1.30. The zero-order chi connectivity index (χ0) is 18.8. The van der Waals surface area contributed by atoms with Gasteiger partial charge in [-0.2, -0.15) is 0 Å². The van der Waals surface area contributed by atoms with Crippen LogP contribution in [0, 0.1) is 5.92 Å². The maximum Gasteiger partial charge on any atom is 0.169 e. The van der Waals surface area contributed by atoms with Crippen LogP contribution in [0.2, 0.25) is 0 Å². The van der Waals surface area contributed by atoms with Crippen LogP contribution in [-0.4, -0.2) is 40.3 Å². The van der Waals surface area contributed by atoms with E-state index in [1.807, 2.05) is 19.9 Å². The minimum Gasteiger partial charge on any atom is -0.493 e. The molecule has 5 heteroatoms. The fraction of sp³-hybridized carbons (Fsp3) is 0.714. The summed E-state index contributed by atoms with van der Waals surface area (Å²) < 4.78 is 22.3. The predicted molar refractivity (Wildman–Crippen MR) is 104 cm³/mol. The van der Waals surface area contributed by atoms with Gasteiger partial charge < -0.3 is 24.3 Å². The second-order valence-electron chi connectivity index (χ2n) is 6.74. The normalized spacial score (nSPS) is 16.7. The van der Waals surface area contributed by atoms with Gasteiger partial charge in [-0.05, 0) is 50.3 Å². The van der Waals surface area contributed by atoms with Gasteiger partial charge in [0.2, 0.25) is 0 Å². The number of hydrogen-bond acceptors (Lipinski definition) is 5. The fourth-order valence-corrected chi connectivity index (χ4v) is 3.83. The van der Waals surface area contributed by atoms with E-state index in [0.717, 1.165) is 11.5 Å². The highest BCUT2D eigenvalue weighted by molar-refractivity contribution is 5.44. The van der Waals surface area contributed by atoms with Crippen LogP contribution in [-0.2, 0) is 9.47 Å². The molecule has 0 aliphatic heterocycles. The van der Waals surface area contributed by atoms with Crippen molar-refractivity contribution in [3.05, 3.63) is 23.8 Å². The van der Waals surface area contributed by atoms with Crippen molar-refractivity contribution in [2.45, 2.75) is 58.3 Å². The zero-order valence-electron chi connectivity index (χ0n) is 16.8. The molecule has 1 fully saturated rings. The van der Waals surface area contributed by atoms with E-state index in [1.165, 1.54) is 37.7 Å². The minimum atomic E-state index is -0.212. The summed E-state index contributed by atoms with van der Waals surface area (Å²) in [4.78, 5) is 0. The number of ether oxygens (including phenoxy) is 4. The molecule has 0 spiro atoms. The summed E-state index contributed by atoms with van der Waals surface area (Å²) in [6.07, 6.45) is 6.24. The first-order chi connectivity index (χ1) is 12.7. The second-order valence-corrected chi connectivity index (χ2v) is 6.74. The summed E-state index contributed by atoms with van der Waals surface area (Å²) in [6, 6.07) is 6.50.